The lowest BCUT2D eigenvalue weighted by atomic mass is 9.88. The maximum Gasteiger partial charge on any atom is 0.272 e. The molecule has 3 rings (SSSR count). The highest BCUT2D eigenvalue weighted by atomic mass is 16.2. The molecule has 0 fully saturated rings. The molecule has 0 saturated heterocycles. The Balaban J connectivity index is 1.79. The second-order valence-corrected chi connectivity index (χ2v) is 4.99. The Morgan fingerprint density at radius 2 is 2.21 bits per heavy atom. The fraction of sp³-hybridized carbons (Fsp3) is 0.333. The minimum Gasteiger partial charge on any atom is -0.344 e. The molecule has 98 valence electrons. The van der Waals surface area contributed by atoms with E-state index in [0.717, 1.165) is 19.3 Å². The highest BCUT2D eigenvalue weighted by Crippen LogP contribution is 2.29. The van der Waals surface area contributed by atoms with E-state index in [2.05, 4.69) is 28.6 Å². The Morgan fingerprint density at radius 3 is 3.00 bits per heavy atom. The molecule has 1 atom stereocenters. The average Bonchev–Trinajstić information content (AvgIpc) is 2.86. The summed E-state index contributed by atoms with van der Waals surface area (Å²) in [5, 5.41) is 7.23. The van der Waals surface area contributed by atoms with Gasteiger partial charge in [0.25, 0.3) is 5.91 Å². The van der Waals surface area contributed by atoms with Gasteiger partial charge in [0.2, 0.25) is 0 Å². The first-order valence-electron chi connectivity index (χ1n) is 6.62. The van der Waals surface area contributed by atoms with Crippen LogP contribution in [0.15, 0.2) is 36.5 Å². The van der Waals surface area contributed by atoms with Gasteiger partial charge >= 0.3 is 0 Å². The van der Waals surface area contributed by atoms with Crippen molar-refractivity contribution in [2.75, 3.05) is 0 Å². The van der Waals surface area contributed by atoms with Gasteiger partial charge in [0.1, 0.15) is 5.69 Å². The van der Waals surface area contributed by atoms with E-state index in [0.29, 0.717) is 5.69 Å². The summed E-state index contributed by atoms with van der Waals surface area (Å²) in [5.74, 6) is -0.0951. The van der Waals surface area contributed by atoms with Gasteiger partial charge in [0.15, 0.2) is 0 Å². The highest BCUT2D eigenvalue weighted by molar-refractivity contribution is 5.92. The maximum atomic E-state index is 12.1. The van der Waals surface area contributed by atoms with Crippen molar-refractivity contribution in [2.24, 2.45) is 7.05 Å². The summed E-state index contributed by atoms with van der Waals surface area (Å²) < 4.78 is 1.64. The van der Waals surface area contributed by atoms with Crippen LogP contribution in [-0.4, -0.2) is 15.7 Å². The third-order valence-corrected chi connectivity index (χ3v) is 3.62. The lowest BCUT2D eigenvalue weighted by Gasteiger charge is -2.26. The Hall–Kier alpha value is -2.10. The number of aromatic nitrogens is 2. The van der Waals surface area contributed by atoms with Gasteiger partial charge in [0, 0.05) is 13.2 Å². The summed E-state index contributed by atoms with van der Waals surface area (Å²) in [6.45, 7) is 0. The summed E-state index contributed by atoms with van der Waals surface area (Å²) in [6, 6.07) is 10.2. The van der Waals surface area contributed by atoms with Crippen LogP contribution in [0.25, 0.3) is 0 Å². The van der Waals surface area contributed by atoms with Crippen molar-refractivity contribution < 1.29 is 4.79 Å². The summed E-state index contributed by atoms with van der Waals surface area (Å²) in [5.41, 5.74) is 3.07. The molecule has 4 heteroatoms. The SMILES string of the molecule is Cn1ccc(C(=O)N[C@H]2CCCc3ccccc32)n1. The van der Waals surface area contributed by atoms with Crippen LogP contribution in [0.3, 0.4) is 0 Å². The summed E-state index contributed by atoms with van der Waals surface area (Å²) in [6.07, 6.45) is 5.00. The third-order valence-electron chi connectivity index (χ3n) is 3.62. The van der Waals surface area contributed by atoms with Crippen molar-refractivity contribution in [3.8, 4) is 0 Å². The van der Waals surface area contributed by atoms with E-state index in [9.17, 15) is 4.79 Å². The Bertz CT molecular complexity index is 603. The van der Waals surface area contributed by atoms with E-state index < -0.39 is 0 Å². The molecule has 1 aromatic heterocycles. The first-order chi connectivity index (χ1) is 9.24. The molecule has 2 aromatic rings. The number of carbonyl (C=O) groups is 1. The van der Waals surface area contributed by atoms with E-state index in [-0.39, 0.29) is 11.9 Å². The quantitative estimate of drug-likeness (QED) is 0.894. The van der Waals surface area contributed by atoms with Gasteiger partial charge in [-0.1, -0.05) is 24.3 Å². The number of fused-ring (bicyclic) bond motifs is 1. The predicted molar refractivity (Wildman–Crippen MR) is 72.8 cm³/mol. The van der Waals surface area contributed by atoms with Crippen molar-refractivity contribution in [1.82, 2.24) is 15.1 Å². The second-order valence-electron chi connectivity index (χ2n) is 4.99. The van der Waals surface area contributed by atoms with E-state index >= 15 is 0 Å². The third kappa shape index (κ3) is 2.38. The van der Waals surface area contributed by atoms with Crippen molar-refractivity contribution >= 4 is 5.91 Å². The fourth-order valence-electron chi connectivity index (χ4n) is 2.67. The van der Waals surface area contributed by atoms with Crippen LogP contribution in [0.2, 0.25) is 0 Å². The Labute approximate surface area is 112 Å². The van der Waals surface area contributed by atoms with Crippen molar-refractivity contribution in [3.63, 3.8) is 0 Å². The molecule has 0 radical (unpaired) electrons. The molecular formula is C15H17N3O. The average molecular weight is 255 g/mol. The van der Waals surface area contributed by atoms with Gasteiger partial charge in [-0.15, -0.1) is 0 Å². The fourth-order valence-corrected chi connectivity index (χ4v) is 2.67. The van der Waals surface area contributed by atoms with Crippen LogP contribution in [0.1, 0.15) is 40.5 Å². The second kappa shape index (κ2) is 4.88. The standard InChI is InChI=1S/C15H17N3O/c1-18-10-9-14(17-18)15(19)16-13-8-4-6-11-5-2-3-7-12(11)13/h2-3,5,7,9-10,13H,4,6,8H2,1H3,(H,16,19)/t13-/m0/s1. The van der Waals surface area contributed by atoms with E-state index in [1.54, 1.807) is 16.9 Å². The van der Waals surface area contributed by atoms with Gasteiger partial charge in [0.05, 0.1) is 6.04 Å². The summed E-state index contributed by atoms with van der Waals surface area (Å²) in [4.78, 5) is 12.1. The summed E-state index contributed by atoms with van der Waals surface area (Å²) >= 11 is 0. The zero-order valence-electron chi connectivity index (χ0n) is 11.0. The lowest BCUT2D eigenvalue weighted by Crippen LogP contribution is -2.31. The van der Waals surface area contributed by atoms with Crippen molar-refractivity contribution in [2.45, 2.75) is 25.3 Å². The molecule has 0 bridgehead atoms. The molecule has 4 nitrogen and oxygen atoms in total. The summed E-state index contributed by atoms with van der Waals surface area (Å²) in [7, 11) is 1.81. The van der Waals surface area contributed by atoms with Crippen LogP contribution < -0.4 is 5.32 Å². The number of rotatable bonds is 2. The number of benzene rings is 1. The van der Waals surface area contributed by atoms with Crippen LogP contribution in [0, 0.1) is 0 Å². The molecule has 0 saturated carbocycles. The van der Waals surface area contributed by atoms with Crippen molar-refractivity contribution in [3.05, 3.63) is 53.3 Å². The van der Waals surface area contributed by atoms with Crippen LogP contribution in [-0.2, 0) is 13.5 Å². The Morgan fingerprint density at radius 1 is 1.37 bits per heavy atom. The number of hydrogen-bond donors (Lipinski definition) is 1. The molecule has 0 unspecified atom stereocenters. The number of carbonyl (C=O) groups excluding carboxylic acids is 1. The number of nitrogens with zero attached hydrogens (tertiary/aromatic N) is 2. The lowest BCUT2D eigenvalue weighted by molar-refractivity contribution is 0.0927. The van der Waals surface area contributed by atoms with Crippen LogP contribution >= 0.6 is 0 Å². The topological polar surface area (TPSA) is 46.9 Å². The Kier molecular flexibility index (Phi) is 3.07. The molecule has 1 aromatic carbocycles. The van der Waals surface area contributed by atoms with Gasteiger partial charge < -0.3 is 5.32 Å². The van der Waals surface area contributed by atoms with Gasteiger partial charge in [-0.25, -0.2) is 0 Å². The molecule has 1 heterocycles. The van der Waals surface area contributed by atoms with Gasteiger partial charge in [-0.3, -0.25) is 9.48 Å². The number of nitrogens with one attached hydrogen (secondary N) is 1. The number of aryl methyl sites for hydroxylation is 2. The molecule has 1 aliphatic carbocycles. The molecule has 19 heavy (non-hydrogen) atoms. The van der Waals surface area contributed by atoms with Gasteiger partial charge in [-0.2, -0.15) is 5.10 Å². The van der Waals surface area contributed by atoms with E-state index in [4.69, 9.17) is 0 Å². The number of hydrogen-bond acceptors (Lipinski definition) is 2. The zero-order chi connectivity index (χ0) is 13.2. The molecular weight excluding hydrogens is 238 g/mol. The normalized spacial score (nSPS) is 17.8. The minimum atomic E-state index is -0.0951. The van der Waals surface area contributed by atoms with Crippen molar-refractivity contribution in [1.29, 1.82) is 0 Å². The molecule has 0 aliphatic heterocycles. The number of amides is 1. The first-order valence-corrected chi connectivity index (χ1v) is 6.62. The van der Waals surface area contributed by atoms with Gasteiger partial charge in [-0.05, 0) is 36.5 Å². The molecule has 1 aliphatic rings. The largest absolute Gasteiger partial charge is 0.344 e. The predicted octanol–water partition coefficient (Wildman–Crippen LogP) is 2.23. The smallest absolute Gasteiger partial charge is 0.272 e. The highest BCUT2D eigenvalue weighted by Gasteiger charge is 2.22. The minimum absolute atomic E-state index is 0.0951. The monoisotopic (exact) mass is 255 g/mol. The molecule has 1 N–H and O–H groups in total. The molecule has 0 spiro atoms. The maximum absolute atomic E-state index is 12.1. The zero-order valence-corrected chi connectivity index (χ0v) is 11.0. The van der Waals surface area contributed by atoms with Crippen LogP contribution in [0.5, 0.6) is 0 Å². The first kappa shape index (κ1) is 12.0. The van der Waals surface area contributed by atoms with E-state index in [1.165, 1.54) is 11.1 Å². The molecule has 1 amide bonds. The van der Waals surface area contributed by atoms with E-state index in [1.807, 2.05) is 13.1 Å². The van der Waals surface area contributed by atoms with Crippen LogP contribution in [0.4, 0.5) is 0 Å².